The van der Waals surface area contributed by atoms with Crippen molar-refractivity contribution in [3.63, 3.8) is 0 Å². The molecular weight excluding hydrogens is 300 g/mol. The standard InChI is InChI=1S/C10H18N6O4S/c1-8(10-12-14-15-13-10)11-9(17)2-7-21(18,19)16-3-5-20-6-4-16/h8H,2-7H2,1H3,(H,11,17)(H,12,13,14,15). The molecule has 21 heavy (non-hydrogen) atoms. The summed E-state index contributed by atoms with van der Waals surface area (Å²) in [6.07, 6.45) is -0.109. The second-order valence-corrected chi connectivity index (χ2v) is 6.73. The number of H-pyrrole nitrogens is 1. The van der Waals surface area contributed by atoms with Crippen LogP contribution in [0.5, 0.6) is 0 Å². The van der Waals surface area contributed by atoms with E-state index >= 15 is 0 Å². The van der Waals surface area contributed by atoms with Crippen molar-refractivity contribution >= 4 is 15.9 Å². The van der Waals surface area contributed by atoms with Crippen LogP contribution in [-0.4, -0.2) is 71.3 Å². The highest BCUT2D eigenvalue weighted by atomic mass is 32.2. The maximum atomic E-state index is 12.1. The molecule has 1 aliphatic rings. The first-order valence-electron chi connectivity index (χ1n) is 6.57. The van der Waals surface area contributed by atoms with Gasteiger partial charge in [-0.25, -0.2) is 8.42 Å². The molecule has 118 valence electrons. The number of hydrogen-bond acceptors (Lipinski definition) is 7. The van der Waals surface area contributed by atoms with E-state index in [1.165, 1.54) is 4.31 Å². The molecule has 11 heteroatoms. The molecule has 0 radical (unpaired) electrons. The third-order valence-corrected chi connectivity index (χ3v) is 4.95. The molecule has 2 N–H and O–H groups in total. The predicted molar refractivity (Wildman–Crippen MR) is 71.5 cm³/mol. The van der Waals surface area contributed by atoms with Crippen molar-refractivity contribution in [3.05, 3.63) is 5.82 Å². The zero-order valence-corrected chi connectivity index (χ0v) is 12.5. The third kappa shape index (κ3) is 4.44. The van der Waals surface area contributed by atoms with E-state index in [1.807, 2.05) is 0 Å². The number of rotatable bonds is 6. The Morgan fingerprint density at radius 1 is 1.48 bits per heavy atom. The molecule has 1 aliphatic heterocycles. The van der Waals surface area contributed by atoms with Crippen LogP contribution >= 0.6 is 0 Å². The Kier molecular flexibility index (Phi) is 5.20. The number of morpholine rings is 1. The van der Waals surface area contributed by atoms with E-state index in [0.717, 1.165) is 0 Å². The van der Waals surface area contributed by atoms with E-state index in [4.69, 9.17) is 4.74 Å². The van der Waals surface area contributed by atoms with E-state index < -0.39 is 16.1 Å². The number of tetrazole rings is 1. The van der Waals surface area contributed by atoms with Gasteiger partial charge in [-0.3, -0.25) is 4.79 Å². The molecule has 2 rings (SSSR count). The Hall–Kier alpha value is -1.59. The summed E-state index contributed by atoms with van der Waals surface area (Å²) < 4.78 is 30.6. The summed E-state index contributed by atoms with van der Waals surface area (Å²) in [4.78, 5) is 11.8. The summed E-state index contributed by atoms with van der Waals surface area (Å²) in [5, 5.41) is 15.8. The van der Waals surface area contributed by atoms with Crippen LogP contribution in [0, 0.1) is 0 Å². The lowest BCUT2D eigenvalue weighted by Gasteiger charge is -2.25. The highest BCUT2D eigenvalue weighted by Gasteiger charge is 2.25. The Bertz CT molecular complexity index is 554. The minimum atomic E-state index is -3.43. The number of nitrogens with one attached hydrogen (secondary N) is 2. The molecule has 0 aromatic carbocycles. The van der Waals surface area contributed by atoms with Gasteiger partial charge in [-0.2, -0.15) is 9.52 Å². The molecule has 1 fully saturated rings. The normalized spacial score (nSPS) is 18.3. The second-order valence-electron chi connectivity index (χ2n) is 4.64. The number of aromatic amines is 1. The van der Waals surface area contributed by atoms with E-state index in [2.05, 4.69) is 25.9 Å². The van der Waals surface area contributed by atoms with Crippen LogP contribution < -0.4 is 5.32 Å². The van der Waals surface area contributed by atoms with Crippen LogP contribution in [-0.2, 0) is 19.6 Å². The maximum Gasteiger partial charge on any atom is 0.221 e. The molecule has 0 aliphatic carbocycles. The van der Waals surface area contributed by atoms with Crippen molar-refractivity contribution in [1.29, 1.82) is 0 Å². The van der Waals surface area contributed by atoms with E-state index in [-0.39, 0.29) is 18.1 Å². The Morgan fingerprint density at radius 2 is 2.19 bits per heavy atom. The van der Waals surface area contributed by atoms with E-state index in [0.29, 0.717) is 32.1 Å². The van der Waals surface area contributed by atoms with Gasteiger partial charge in [-0.05, 0) is 6.92 Å². The van der Waals surface area contributed by atoms with Gasteiger partial charge in [0.05, 0.1) is 25.0 Å². The Morgan fingerprint density at radius 3 is 2.81 bits per heavy atom. The number of ether oxygens (including phenoxy) is 1. The molecule has 0 saturated carbocycles. The maximum absolute atomic E-state index is 12.1. The van der Waals surface area contributed by atoms with Crippen LogP contribution in [0.15, 0.2) is 0 Å². The SMILES string of the molecule is CC(NC(=O)CCS(=O)(=O)N1CCOCC1)c1nn[nH]n1. The highest BCUT2D eigenvalue weighted by molar-refractivity contribution is 7.89. The number of hydrogen-bond donors (Lipinski definition) is 2. The van der Waals surface area contributed by atoms with Gasteiger partial charge in [0.1, 0.15) is 0 Å². The van der Waals surface area contributed by atoms with Crippen molar-refractivity contribution in [2.24, 2.45) is 0 Å². The first-order chi connectivity index (χ1) is 9.99. The van der Waals surface area contributed by atoms with Gasteiger partial charge in [0.2, 0.25) is 15.9 Å². The lowest BCUT2D eigenvalue weighted by molar-refractivity contribution is -0.121. The largest absolute Gasteiger partial charge is 0.379 e. The summed E-state index contributed by atoms with van der Waals surface area (Å²) in [6.45, 7) is 3.15. The van der Waals surface area contributed by atoms with Crippen LogP contribution in [0.1, 0.15) is 25.2 Å². The molecule has 10 nitrogen and oxygen atoms in total. The Balaban J connectivity index is 1.80. The van der Waals surface area contributed by atoms with Crippen molar-refractivity contribution in [3.8, 4) is 0 Å². The molecule has 2 heterocycles. The molecule has 1 saturated heterocycles. The monoisotopic (exact) mass is 318 g/mol. The highest BCUT2D eigenvalue weighted by Crippen LogP contribution is 2.08. The van der Waals surface area contributed by atoms with Gasteiger partial charge in [-0.15, -0.1) is 10.2 Å². The third-order valence-electron chi connectivity index (χ3n) is 3.08. The first kappa shape index (κ1) is 15.8. The lowest BCUT2D eigenvalue weighted by atomic mass is 10.3. The van der Waals surface area contributed by atoms with Crippen molar-refractivity contribution in [2.75, 3.05) is 32.1 Å². The zero-order chi connectivity index (χ0) is 15.3. The quantitative estimate of drug-likeness (QED) is 0.648. The topological polar surface area (TPSA) is 130 Å². The summed E-state index contributed by atoms with van der Waals surface area (Å²) in [5.74, 6) is -0.249. The smallest absolute Gasteiger partial charge is 0.221 e. The number of carbonyl (C=O) groups excluding carboxylic acids is 1. The van der Waals surface area contributed by atoms with Crippen molar-refractivity contribution in [2.45, 2.75) is 19.4 Å². The first-order valence-corrected chi connectivity index (χ1v) is 8.18. The molecule has 1 atom stereocenters. The van der Waals surface area contributed by atoms with Crippen LogP contribution in [0.25, 0.3) is 0 Å². The summed E-state index contributed by atoms with van der Waals surface area (Å²) in [5.41, 5.74) is 0. The van der Waals surface area contributed by atoms with Gasteiger partial charge < -0.3 is 10.1 Å². The number of amides is 1. The second kappa shape index (κ2) is 6.91. The fraction of sp³-hybridized carbons (Fsp3) is 0.800. The van der Waals surface area contributed by atoms with Crippen LogP contribution in [0.2, 0.25) is 0 Å². The van der Waals surface area contributed by atoms with Crippen molar-refractivity contribution in [1.82, 2.24) is 30.2 Å². The van der Waals surface area contributed by atoms with E-state index in [1.54, 1.807) is 6.92 Å². The fourth-order valence-corrected chi connectivity index (χ4v) is 3.31. The van der Waals surface area contributed by atoms with Crippen LogP contribution in [0.4, 0.5) is 0 Å². The van der Waals surface area contributed by atoms with Gasteiger partial charge in [-0.1, -0.05) is 5.21 Å². The molecule has 1 unspecified atom stereocenters. The molecule has 1 aromatic heterocycles. The predicted octanol–water partition coefficient (Wildman–Crippen LogP) is -1.57. The summed E-state index contributed by atoms with van der Waals surface area (Å²) in [6, 6.07) is -0.428. The summed E-state index contributed by atoms with van der Waals surface area (Å²) in [7, 11) is -3.43. The molecule has 1 amide bonds. The van der Waals surface area contributed by atoms with E-state index in [9.17, 15) is 13.2 Å². The van der Waals surface area contributed by atoms with Gasteiger partial charge >= 0.3 is 0 Å². The number of aromatic nitrogens is 4. The average molecular weight is 318 g/mol. The number of nitrogens with zero attached hydrogens (tertiary/aromatic N) is 4. The zero-order valence-electron chi connectivity index (χ0n) is 11.7. The number of sulfonamides is 1. The van der Waals surface area contributed by atoms with Gasteiger partial charge in [0.15, 0.2) is 5.82 Å². The molecule has 0 bridgehead atoms. The van der Waals surface area contributed by atoms with Crippen LogP contribution in [0.3, 0.4) is 0 Å². The van der Waals surface area contributed by atoms with Gasteiger partial charge in [0.25, 0.3) is 0 Å². The van der Waals surface area contributed by atoms with Crippen molar-refractivity contribution < 1.29 is 17.9 Å². The number of carbonyl (C=O) groups is 1. The Labute approximate surface area is 122 Å². The van der Waals surface area contributed by atoms with Gasteiger partial charge in [0, 0.05) is 19.5 Å². The minimum absolute atomic E-state index is 0.109. The lowest BCUT2D eigenvalue weighted by Crippen LogP contribution is -2.42. The molecule has 0 spiro atoms. The fourth-order valence-electron chi connectivity index (χ4n) is 1.91. The minimum Gasteiger partial charge on any atom is -0.379 e. The summed E-state index contributed by atoms with van der Waals surface area (Å²) >= 11 is 0. The molecule has 1 aromatic rings. The molecular formula is C10H18N6O4S. The average Bonchev–Trinajstić information content (AvgIpc) is 3.00.